The van der Waals surface area contributed by atoms with Gasteiger partial charge in [0, 0.05) is 0 Å². The predicted molar refractivity (Wildman–Crippen MR) is 90.4 cm³/mol. The molecule has 2 rings (SSSR count). The summed E-state index contributed by atoms with van der Waals surface area (Å²) in [5, 5.41) is 0. The summed E-state index contributed by atoms with van der Waals surface area (Å²) in [6.07, 6.45) is 5.74. The number of aryl methyl sites for hydroxylation is 2. The van der Waals surface area contributed by atoms with Crippen LogP contribution in [0.4, 0.5) is 0 Å². The molecule has 0 fully saturated rings. The lowest BCUT2D eigenvalue weighted by atomic mass is 10.1. The number of benzene rings is 2. The van der Waals surface area contributed by atoms with E-state index in [0.717, 1.165) is 12.8 Å². The summed E-state index contributed by atoms with van der Waals surface area (Å²) >= 11 is 0. The lowest BCUT2D eigenvalue weighted by Crippen LogP contribution is -2.08. The summed E-state index contributed by atoms with van der Waals surface area (Å²) in [6.45, 7) is 4.30. The Balaban J connectivity index is 1.93. The van der Waals surface area contributed by atoms with Crippen molar-refractivity contribution in [1.82, 2.24) is 0 Å². The Morgan fingerprint density at radius 1 is 0.864 bits per heavy atom. The first kappa shape index (κ1) is 16.3. The smallest absolute Gasteiger partial charge is 0.343 e. The zero-order valence-electron chi connectivity index (χ0n) is 13.5. The molecule has 0 radical (unpaired) electrons. The molecule has 2 heteroatoms. The van der Waals surface area contributed by atoms with E-state index in [0.29, 0.717) is 11.3 Å². The van der Waals surface area contributed by atoms with Crippen LogP contribution in [0.1, 0.15) is 54.6 Å². The van der Waals surface area contributed by atoms with Gasteiger partial charge in [-0.3, -0.25) is 0 Å². The van der Waals surface area contributed by atoms with Crippen LogP contribution in [0.25, 0.3) is 0 Å². The number of carbonyl (C=O) groups excluding carboxylic acids is 1. The highest BCUT2D eigenvalue weighted by molar-refractivity contribution is 5.91. The first-order chi connectivity index (χ1) is 10.7. The van der Waals surface area contributed by atoms with E-state index in [1.54, 1.807) is 0 Å². The van der Waals surface area contributed by atoms with E-state index in [1.165, 1.54) is 30.4 Å². The predicted octanol–water partition coefficient (Wildman–Crippen LogP) is 5.20. The van der Waals surface area contributed by atoms with Gasteiger partial charge in [-0.25, -0.2) is 4.79 Å². The Morgan fingerprint density at radius 3 is 2.09 bits per heavy atom. The van der Waals surface area contributed by atoms with Gasteiger partial charge in [0.05, 0.1) is 5.56 Å². The molecule has 0 heterocycles. The summed E-state index contributed by atoms with van der Waals surface area (Å²) < 4.78 is 5.42. The van der Waals surface area contributed by atoms with Crippen molar-refractivity contribution in [3.05, 3.63) is 65.2 Å². The average Bonchev–Trinajstić information content (AvgIpc) is 2.57. The van der Waals surface area contributed by atoms with Gasteiger partial charge in [-0.2, -0.15) is 0 Å². The highest BCUT2D eigenvalue weighted by atomic mass is 16.5. The molecule has 0 spiro atoms. The quantitative estimate of drug-likeness (QED) is 0.399. The van der Waals surface area contributed by atoms with Gasteiger partial charge in [-0.1, -0.05) is 51.0 Å². The molecular weight excluding hydrogens is 272 g/mol. The van der Waals surface area contributed by atoms with Crippen LogP contribution in [0.3, 0.4) is 0 Å². The lowest BCUT2D eigenvalue weighted by molar-refractivity contribution is 0.0734. The number of hydrogen-bond donors (Lipinski definition) is 0. The van der Waals surface area contributed by atoms with Crippen molar-refractivity contribution in [3.63, 3.8) is 0 Å². The maximum atomic E-state index is 12.1. The van der Waals surface area contributed by atoms with Crippen molar-refractivity contribution in [1.29, 1.82) is 0 Å². The molecule has 0 unspecified atom stereocenters. The fourth-order valence-corrected chi connectivity index (χ4v) is 2.35. The molecule has 22 heavy (non-hydrogen) atoms. The fraction of sp³-hybridized carbons (Fsp3) is 0.350. The zero-order valence-corrected chi connectivity index (χ0v) is 13.5. The minimum Gasteiger partial charge on any atom is -0.423 e. The van der Waals surface area contributed by atoms with E-state index in [1.807, 2.05) is 48.5 Å². The highest BCUT2D eigenvalue weighted by Gasteiger charge is 2.08. The van der Waals surface area contributed by atoms with Gasteiger partial charge < -0.3 is 4.74 Å². The van der Waals surface area contributed by atoms with Gasteiger partial charge in [0.15, 0.2) is 0 Å². The Bertz CT molecular complexity index is 582. The maximum absolute atomic E-state index is 12.1. The SMILES string of the molecule is CCCCCc1ccc(OC(=O)c2ccc(CC)cc2)cc1. The molecule has 0 aliphatic heterocycles. The molecule has 0 saturated carbocycles. The number of esters is 1. The van der Waals surface area contributed by atoms with Crippen LogP contribution in [-0.2, 0) is 12.8 Å². The third-order valence-corrected chi connectivity index (χ3v) is 3.80. The highest BCUT2D eigenvalue weighted by Crippen LogP contribution is 2.16. The summed E-state index contributed by atoms with van der Waals surface area (Å²) in [5.74, 6) is 0.296. The van der Waals surface area contributed by atoms with E-state index in [4.69, 9.17) is 4.74 Å². The third-order valence-electron chi connectivity index (χ3n) is 3.80. The van der Waals surface area contributed by atoms with Crippen LogP contribution in [0.5, 0.6) is 5.75 Å². The molecule has 2 aromatic rings. The Labute approximate surface area is 133 Å². The first-order valence-electron chi connectivity index (χ1n) is 8.13. The second-order valence-corrected chi connectivity index (χ2v) is 5.54. The van der Waals surface area contributed by atoms with Crippen molar-refractivity contribution in [3.8, 4) is 5.75 Å². The molecule has 2 nitrogen and oxygen atoms in total. The summed E-state index contributed by atoms with van der Waals surface area (Å²) in [7, 11) is 0. The van der Waals surface area contributed by atoms with Crippen LogP contribution < -0.4 is 4.74 Å². The summed E-state index contributed by atoms with van der Waals surface area (Å²) in [5.41, 5.74) is 3.10. The van der Waals surface area contributed by atoms with Crippen molar-refractivity contribution in [2.75, 3.05) is 0 Å². The van der Waals surface area contributed by atoms with Crippen molar-refractivity contribution in [2.45, 2.75) is 46.0 Å². The number of unbranched alkanes of at least 4 members (excludes halogenated alkanes) is 2. The molecule has 116 valence electrons. The van der Waals surface area contributed by atoms with Gasteiger partial charge in [0.25, 0.3) is 0 Å². The number of carbonyl (C=O) groups is 1. The van der Waals surface area contributed by atoms with Crippen LogP contribution in [0.2, 0.25) is 0 Å². The minimum atomic E-state index is -0.304. The third kappa shape index (κ3) is 4.73. The van der Waals surface area contributed by atoms with Gasteiger partial charge in [0.1, 0.15) is 5.75 Å². The van der Waals surface area contributed by atoms with Crippen LogP contribution in [0, 0.1) is 0 Å². The van der Waals surface area contributed by atoms with Gasteiger partial charge in [0.2, 0.25) is 0 Å². The maximum Gasteiger partial charge on any atom is 0.343 e. The minimum absolute atomic E-state index is 0.304. The van der Waals surface area contributed by atoms with Crippen LogP contribution in [-0.4, -0.2) is 5.97 Å². The van der Waals surface area contributed by atoms with E-state index in [-0.39, 0.29) is 5.97 Å². The molecule has 0 aliphatic carbocycles. The Hall–Kier alpha value is -2.09. The molecule has 0 aromatic heterocycles. The van der Waals surface area contributed by atoms with Crippen LogP contribution in [0.15, 0.2) is 48.5 Å². The van der Waals surface area contributed by atoms with E-state index in [2.05, 4.69) is 13.8 Å². The van der Waals surface area contributed by atoms with Crippen LogP contribution >= 0.6 is 0 Å². The molecular formula is C20H24O2. The van der Waals surface area contributed by atoms with Gasteiger partial charge >= 0.3 is 5.97 Å². The van der Waals surface area contributed by atoms with E-state index in [9.17, 15) is 4.79 Å². The standard InChI is InChI=1S/C20H24O2/c1-3-5-6-7-17-10-14-19(15-11-17)22-20(21)18-12-8-16(4-2)9-13-18/h8-15H,3-7H2,1-2H3. The van der Waals surface area contributed by atoms with Gasteiger partial charge in [-0.05, 0) is 54.7 Å². The molecule has 0 N–H and O–H groups in total. The number of rotatable bonds is 7. The molecule has 2 aromatic carbocycles. The molecule has 0 bridgehead atoms. The monoisotopic (exact) mass is 296 g/mol. The van der Waals surface area contributed by atoms with Crippen molar-refractivity contribution in [2.24, 2.45) is 0 Å². The lowest BCUT2D eigenvalue weighted by Gasteiger charge is -2.06. The number of ether oxygens (including phenoxy) is 1. The zero-order chi connectivity index (χ0) is 15.8. The Kier molecular flexibility index (Phi) is 6.20. The van der Waals surface area contributed by atoms with Crippen molar-refractivity contribution < 1.29 is 9.53 Å². The summed E-state index contributed by atoms with van der Waals surface area (Å²) in [6, 6.07) is 15.4. The second-order valence-electron chi connectivity index (χ2n) is 5.54. The second kappa shape index (κ2) is 8.38. The number of hydrogen-bond acceptors (Lipinski definition) is 2. The fourth-order valence-electron chi connectivity index (χ4n) is 2.35. The Morgan fingerprint density at radius 2 is 1.50 bits per heavy atom. The molecule has 0 aliphatic rings. The normalized spacial score (nSPS) is 10.5. The first-order valence-corrected chi connectivity index (χ1v) is 8.13. The largest absolute Gasteiger partial charge is 0.423 e. The van der Waals surface area contributed by atoms with Crippen molar-refractivity contribution >= 4 is 5.97 Å². The summed E-state index contributed by atoms with van der Waals surface area (Å²) in [4.78, 5) is 12.1. The van der Waals surface area contributed by atoms with Gasteiger partial charge in [-0.15, -0.1) is 0 Å². The average molecular weight is 296 g/mol. The topological polar surface area (TPSA) is 26.3 Å². The van der Waals surface area contributed by atoms with E-state index >= 15 is 0 Å². The molecule has 0 amide bonds. The van der Waals surface area contributed by atoms with E-state index < -0.39 is 0 Å². The molecule has 0 saturated heterocycles. The molecule has 0 atom stereocenters.